The van der Waals surface area contributed by atoms with Crippen molar-refractivity contribution in [1.29, 1.82) is 0 Å². The lowest BCUT2D eigenvalue weighted by molar-refractivity contribution is -0.120. The van der Waals surface area contributed by atoms with Gasteiger partial charge >= 0.3 is 6.03 Å². The van der Waals surface area contributed by atoms with Gasteiger partial charge in [0.05, 0.1) is 0 Å². The summed E-state index contributed by atoms with van der Waals surface area (Å²) in [5.74, 6) is -0.0831. The minimum Gasteiger partial charge on any atom is -0.359 e. The maximum absolute atomic E-state index is 11.6. The maximum atomic E-state index is 11.6. The maximum Gasteiger partial charge on any atom is 0.329 e. The molecular weight excluding hydrogens is 196 g/mol. The molecule has 0 saturated carbocycles. The summed E-state index contributed by atoms with van der Waals surface area (Å²) >= 11 is 0. The number of carbonyl (C=O) groups is 2. The van der Waals surface area contributed by atoms with Gasteiger partial charge in [-0.3, -0.25) is 9.36 Å². The van der Waals surface area contributed by atoms with Gasteiger partial charge in [-0.15, -0.1) is 0 Å². The zero-order valence-electron chi connectivity index (χ0n) is 8.80. The second kappa shape index (κ2) is 5.14. The summed E-state index contributed by atoms with van der Waals surface area (Å²) in [6, 6.07) is -0.198. The molecule has 0 atom stereocenters. The van der Waals surface area contributed by atoms with E-state index < -0.39 is 0 Å². The first kappa shape index (κ1) is 11.2. The molecule has 15 heavy (non-hydrogen) atoms. The van der Waals surface area contributed by atoms with Crippen LogP contribution in [0.2, 0.25) is 0 Å². The molecule has 6 nitrogen and oxygen atoms in total. The average molecular weight is 210 g/mol. The van der Waals surface area contributed by atoms with Gasteiger partial charge in [0, 0.05) is 39.5 Å². The van der Waals surface area contributed by atoms with Gasteiger partial charge in [-0.2, -0.15) is 0 Å². The Kier molecular flexibility index (Phi) is 3.84. The Morgan fingerprint density at radius 1 is 1.53 bits per heavy atom. The van der Waals surface area contributed by atoms with E-state index in [0.717, 1.165) is 0 Å². The molecule has 1 aromatic heterocycles. The van der Waals surface area contributed by atoms with Crippen molar-refractivity contribution < 1.29 is 9.59 Å². The van der Waals surface area contributed by atoms with E-state index in [0.29, 0.717) is 13.0 Å². The van der Waals surface area contributed by atoms with Crippen molar-refractivity contribution in [1.82, 2.24) is 19.8 Å². The standard InChI is InChI=1S/C9H14N4O2/c1-10-8(14)3-5-12(2)9(15)13-6-4-11-7-13/h4,6-7H,3,5H2,1-2H3,(H,10,14). The predicted octanol–water partition coefficient (Wildman–Crippen LogP) is -0.0809. The first-order valence-electron chi connectivity index (χ1n) is 4.59. The van der Waals surface area contributed by atoms with Gasteiger partial charge in [-0.25, -0.2) is 9.78 Å². The quantitative estimate of drug-likeness (QED) is 0.758. The van der Waals surface area contributed by atoms with Crippen LogP contribution in [0.5, 0.6) is 0 Å². The topological polar surface area (TPSA) is 67.2 Å². The van der Waals surface area contributed by atoms with Gasteiger partial charge in [0.15, 0.2) is 0 Å². The minimum atomic E-state index is -0.198. The average Bonchev–Trinajstić information content (AvgIpc) is 2.77. The van der Waals surface area contributed by atoms with Crippen LogP contribution in [0.3, 0.4) is 0 Å². The second-order valence-corrected chi connectivity index (χ2v) is 3.10. The van der Waals surface area contributed by atoms with Crippen molar-refractivity contribution >= 4 is 11.9 Å². The summed E-state index contributed by atoms with van der Waals surface area (Å²) < 4.78 is 1.36. The van der Waals surface area contributed by atoms with Crippen LogP contribution < -0.4 is 5.32 Å². The lowest BCUT2D eigenvalue weighted by Crippen LogP contribution is -2.33. The number of nitrogens with one attached hydrogen (secondary N) is 1. The number of amides is 2. The summed E-state index contributed by atoms with van der Waals surface area (Å²) in [6.07, 6.45) is 4.83. The molecule has 2 amide bonds. The van der Waals surface area contributed by atoms with E-state index >= 15 is 0 Å². The molecule has 0 radical (unpaired) electrons. The molecule has 1 heterocycles. The van der Waals surface area contributed by atoms with E-state index in [2.05, 4.69) is 10.3 Å². The van der Waals surface area contributed by atoms with Crippen molar-refractivity contribution in [2.24, 2.45) is 0 Å². The van der Waals surface area contributed by atoms with E-state index in [1.54, 1.807) is 20.3 Å². The van der Waals surface area contributed by atoms with E-state index in [1.807, 2.05) is 0 Å². The lowest BCUT2D eigenvalue weighted by Gasteiger charge is -2.16. The fourth-order valence-electron chi connectivity index (χ4n) is 1.06. The van der Waals surface area contributed by atoms with Crippen LogP contribution in [-0.4, -0.2) is 47.0 Å². The molecule has 0 aliphatic carbocycles. The van der Waals surface area contributed by atoms with Crippen LogP contribution in [-0.2, 0) is 4.79 Å². The normalized spacial score (nSPS) is 9.73. The van der Waals surface area contributed by atoms with E-state index in [4.69, 9.17) is 0 Å². The number of hydrogen-bond donors (Lipinski definition) is 1. The Bertz CT molecular complexity index is 334. The van der Waals surface area contributed by atoms with Gasteiger partial charge in [0.1, 0.15) is 6.33 Å². The molecule has 0 bridgehead atoms. The van der Waals surface area contributed by atoms with Gasteiger partial charge in [0.2, 0.25) is 5.91 Å². The Hall–Kier alpha value is -1.85. The molecule has 6 heteroatoms. The summed E-state index contributed by atoms with van der Waals surface area (Å²) in [4.78, 5) is 27.8. The Morgan fingerprint density at radius 3 is 2.80 bits per heavy atom. The third-order valence-corrected chi connectivity index (χ3v) is 2.00. The van der Waals surface area contributed by atoms with Crippen LogP contribution >= 0.6 is 0 Å². The fourth-order valence-corrected chi connectivity index (χ4v) is 1.06. The number of aromatic nitrogens is 2. The monoisotopic (exact) mass is 210 g/mol. The third kappa shape index (κ3) is 3.08. The fraction of sp³-hybridized carbons (Fsp3) is 0.444. The largest absolute Gasteiger partial charge is 0.359 e. The van der Waals surface area contributed by atoms with Crippen molar-refractivity contribution in [3.63, 3.8) is 0 Å². The summed E-state index contributed by atoms with van der Waals surface area (Å²) in [5.41, 5.74) is 0. The van der Waals surface area contributed by atoms with E-state index in [1.165, 1.54) is 22.0 Å². The van der Waals surface area contributed by atoms with Gasteiger partial charge < -0.3 is 10.2 Å². The van der Waals surface area contributed by atoms with Crippen LogP contribution in [0.25, 0.3) is 0 Å². The highest BCUT2D eigenvalue weighted by atomic mass is 16.2. The molecule has 1 N–H and O–H groups in total. The number of hydrogen-bond acceptors (Lipinski definition) is 3. The second-order valence-electron chi connectivity index (χ2n) is 3.10. The zero-order chi connectivity index (χ0) is 11.3. The van der Waals surface area contributed by atoms with Crippen LogP contribution in [0.4, 0.5) is 4.79 Å². The van der Waals surface area contributed by atoms with Gasteiger partial charge in [-0.05, 0) is 0 Å². The molecule has 0 aliphatic heterocycles. The van der Waals surface area contributed by atoms with Gasteiger partial charge in [-0.1, -0.05) is 0 Å². The highest BCUT2D eigenvalue weighted by Gasteiger charge is 2.11. The van der Waals surface area contributed by atoms with E-state index in [-0.39, 0.29) is 11.9 Å². The first-order valence-corrected chi connectivity index (χ1v) is 4.59. The molecule has 0 fully saturated rings. The number of rotatable bonds is 3. The highest BCUT2D eigenvalue weighted by Crippen LogP contribution is 1.94. The van der Waals surface area contributed by atoms with Crippen LogP contribution in [0.1, 0.15) is 6.42 Å². The molecule has 0 aromatic carbocycles. The molecule has 1 rings (SSSR count). The van der Waals surface area contributed by atoms with Crippen molar-refractivity contribution in [3.8, 4) is 0 Å². The smallest absolute Gasteiger partial charge is 0.329 e. The number of imidazole rings is 1. The summed E-state index contributed by atoms with van der Waals surface area (Å²) in [5, 5.41) is 2.50. The third-order valence-electron chi connectivity index (χ3n) is 2.00. The Morgan fingerprint density at radius 2 is 2.27 bits per heavy atom. The summed E-state index contributed by atoms with van der Waals surface area (Å²) in [6.45, 7) is 0.386. The van der Waals surface area contributed by atoms with E-state index in [9.17, 15) is 9.59 Å². The first-order chi connectivity index (χ1) is 7.15. The van der Waals surface area contributed by atoms with Crippen molar-refractivity contribution in [2.75, 3.05) is 20.6 Å². The lowest BCUT2D eigenvalue weighted by atomic mass is 10.4. The molecule has 0 aliphatic rings. The molecule has 82 valence electrons. The SMILES string of the molecule is CNC(=O)CCN(C)C(=O)n1ccnc1. The van der Waals surface area contributed by atoms with Crippen molar-refractivity contribution in [3.05, 3.63) is 18.7 Å². The van der Waals surface area contributed by atoms with Crippen LogP contribution in [0, 0.1) is 0 Å². The van der Waals surface area contributed by atoms with Gasteiger partial charge in [0.25, 0.3) is 0 Å². The van der Waals surface area contributed by atoms with Crippen LogP contribution in [0.15, 0.2) is 18.7 Å². The molecule has 0 unspecified atom stereocenters. The molecule has 0 spiro atoms. The Labute approximate surface area is 87.9 Å². The molecule has 1 aromatic rings. The predicted molar refractivity (Wildman–Crippen MR) is 54.3 cm³/mol. The minimum absolute atomic E-state index is 0.0831. The summed E-state index contributed by atoms with van der Waals surface area (Å²) in [7, 11) is 3.21. The van der Waals surface area contributed by atoms with Crippen molar-refractivity contribution in [2.45, 2.75) is 6.42 Å². The zero-order valence-corrected chi connectivity index (χ0v) is 8.80. The molecular formula is C9H14N4O2. The Balaban J connectivity index is 2.44. The number of carbonyl (C=O) groups excluding carboxylic acids is 2. The number of nitrogens with zero attached hydrogens (tertiary/aromatic N) is 3. The highest BCUT2D eigenvalue weighted by molar-refractivity contribution is 5.78. The molecule has 0 saturated heterocycles.